The monoisotopic (exact) mass is 385 g/mol. The second kappa shape index (κ2) is 7.54. The number of aromatic amines is 1. The van der Waals surface area contributed by atoms with Crippen molar-refractivity contribution in [2.24, 2.45) is 0 Å². The molecule has 3 aromatic rings. The van der Waals surface area contributed by atoms with Crippen LogP contribution in [0.1, 0.15) is 17.5 Å². The van der Waals surface area contributed by atoms with Crippen LogP contribution in [0.5, 0.6) is 0 Å². The molecule has 0 bridgehead atoms. The number of nitrogens with one attached hydrogen (secondary N) is 2. The van der Waals surface area contributed by atoms with Crippen molar-refractivity contribution in [1.82, 2.24) is 9.29 Å². The molecule has 0 atom stereocenters. The Kier molecular flexibility index (Phi) is 5.34. The normalized spacial score (nSPS) is 11.9. The van der Waals surface area contributed by atoms with Crippen molar-refractivity contribution in [2.75, 3.05) is 19.4 Å². The molecule has 0 fully saturated rings. The zero-order valence-corrected chi connectivity index (χ0v) is 16.4. The molecular weight excluding hydrogens is 362 g/mol. The third-order valence-electron chi connectivity index (χ3n) is 4.53. The summed E-state index contributed by atoms with van der Waals surface area (Å²) in [4.78, 5) is 15.7. The minimum atomic E-state index is -3.56. The van der Waals surface area contributed by atoms with Crippen LogP contribution in [0.15, 0.2) is 53.6 Å². The van der Waals surface area contributed by atoms with Gasteiger partial charge in [0, 0.05) is 43.3 Å². The molecule has 0 radical (unpaired) electrons. The zero-order valence-electron chi connectivity index (χ0n) is 15.6. The van der Waals surface area contributed by atoms with E-state index < -0.39 is 10.0 Å². The standard InChI is InChI=1S/C20H23N3O3S/c1-14-8-10-16(12-19(14)27(25,26)23(2)3)22-20(24)11-9-15-13-21-18-7-5-4-6-17(15)18/h4-8,10,12-13,21H,9,11H2,1-3H3,(H,22,24). The summed E-state index contributed by atoms with van der Waals surface area (Å²) >= 11 is 0. The molecule has 7 heteroatoms. The van der Waals surface area contributed by atoms with Crippen LogP contribution < -0.4 is 5.32 Å². The van der Waals surface area contributed by atoms with Crippen molar-refractivity contribution in [3.8, 4) is 0 Å². The van der Waals surface area contributed by atoms with Crippen molar-refractivity contribution in [2.45, 2.75) is 24.7 Å². The van der Waals surface area contributed by atoms with Gasteiger partial charge in [0.2, 0.25) is 15.9 Å². The molecule has 0 aliphatic heterocycles. The lowest BCUT2D eigenvalue weighted by atomic mass is 10.1. The Morgan fingerprint density at radius 1 is 1.15 bits per heavy atom. The maximum atomic E-state index is 12.4. The van der Waals surface area contributed by atoms with Crippen molar-refractivity contribution < 1.29 is 13.2 Å². The number of nitrogens with zero attached hydrogens (tertiary/aromatic N) is 1. The first-order chi connectivity index (χ1) is 12.8. The fraction of sp³-hybridized carbons (Fsp3) is 0.250. The molecule has 2 aromatic carbocycles. The Hall–Kier alpha value is -2.64. The maximum Gasteiger partial charge on any atom is 0.242 e. The van der Waals surface area contributed by atoms with Crippen LogP contribution in [-0.4, -0.2) is 37.7 Å². The van der Waals surface area contributed by atoms with E-state index >= 15 is 0 Å². The molecule has 0 saturated heterocycles. The molecule has 0 unspecified atom stereocenters. The number of fused-ring (bicyclic) bond motifs is 1. The summed E-state index contributed by atoms with van der Waals surface area (Å²) in [5.41, 5.74) is 3.25. The third kappa shape index (κ3) is 4.04. The average molecular weight is 385 g/mol. The summed E-state index contributed by atoms with van der Waals surface area (Å²) in [6, 6.07) is 12.9. The number of rotatable bonds is 6. The van der Waals surface area contributed by atoms with Crippen molar-refractivity contribution in [3.05, 3.63) is 59.8 Å². The molecule has 1 heterocycles. The highest BCUT2D eigenvalue weighted by Crippen LogP contribution is 2.23. The number of carbonyl (C=O) groups is 1. The Morgan fingerprint density at radius 2 is 1.89 bits per heavy atom. The first-order valence-electron chi connectivity index (χ1n) is 8.67. The van der Waals surface area contributed by atoms with Crippen molar-refractivity contribution >= 4 is 32.5 Å². The van der Waals surface area contributed by atoms with Gasteiger partial charge < -0.3 is 10.3 Å². The Bertz CT molecular complexity index is 1080. The van der Waals surface area contributed by atoms with Crippen LogP contribution >= 0.6 is 0 Å². The van der Waals surface area contributed by atoms with Gasteiger partial charge >= 0.3 is 0 Å². The molecule has 0 spiro atoms. The Morgan fingerprint density at radius 3 is 2.63 bits per heavy atom. The van der Waals surface area contributed by atoms with E-state index in [1.165, 1.54) is 20.2 Å². The predicted molar refractivity (Wildman–Crippen MR) is 107 cm³/mol. The van der Waals surface area contributed by atoms with Gasteiger partial charge in [-0.25, -0.2) is 12.7 Å². The van der Waals surface area contributed by atoms with Crippen LogP contribution in [0.2, 0.25) is 0 Å². The molecule has 1 amide bonds. The molecule has 142 valence electrons. The van der Waals surface area contributed by atoms with E-state index in [1.54, 1.807) is 19.1 Å². The minimum absolute atomic E-state index is 0.155. The Balaban J connectivity index is 1.71. The zero-order chi connectivity index (χ0) is 19.6. The van der Waals surface area contributed by atoms with Gasteiger partial charge in [-0.1, -0.05) is 24.3 Å². The quantitative estimate of drug-likeness (QED) is 0.683. The number of carbonyl (C=O) groups excluding carboxylic acids is 1. The summed E-state index contributed by atoms with van der Waals surface area (Å²) in [7, 11) is -0.585. The number of aryl methyl sites for hydroxylation is 2. The number of H-pyrrole nitrogens is 1. The highest BCUT2D eigenvalue weighted by molar-refractivity contribution is 7.89. The minimum Gasteiger partial charge on any atom is -0.361 e. The van der Waals surface area contributed by atoms with E-state index in [4.69, 9.17) is 0 Å². The molecule has 0 aliphatic rings. The number of hydrogen-bond acceptors (Lipinski definition) is 3. The summed E-state index contributed by atoms with van der Waals surface area (Å²) in [6.45, 7) is 1.74. The van der Waals surface area contributed by atoms with Crippen molar-refractivity contribution in [1.29, 1.82) is 0 Å². The maximum absolute atomic E-state index is 12.4. The number of amides is 1. The van der Waals surface area contributed by atoms with E-state index in [-0.39, 0.29) is 10.8 Å². The van der Waals surface area contributed by atoms with E-state index in [0.717, 1.165) is 20.8 Å². The molecule has 0 saturated carbocycles. The van der Waals surface area contributed by atoms with Gasteiger partial charge in [0.25, 0.3) is 0 Å². The predicted octanol–water partition coefficient (Wildman–Crippen LogP) is 3.30. The van der Waals surface area contributed by atoms with Crippen molar-refractivity contribution in [3.63, 3.8) is 0 Å². The summed E-state index contributed by atoms with van der Waals surface area (Å²) < 4.78 is 26.0. The van der Waals surface area contributed by atoms with Crippen LogP contribution in [0.25, 0.3) is 10.9 Å². The Labute approximate surface area is 159 Å². The summed E-state index contributed by atoms with van der Waals surface area (Å²) in [5.74, 6) is -0.155. The number of benzene rings is 2. The van der Waals surface area contributed by atoms with Crippen LogP contribution in [0.4, 0.5) is 5.69 Å². The lowest BCUT2D eigenvalue weighted by Gasteiger charge is -2.15. The fourth-order valence-electron chi connectivity index (χ4n) is 2.96. The van der Waals surface area contributed by atoms with Gasteiger partial charge in [-0.3, -0.25) is 4.79 Å². The molecule has 2 N–H and O–H groups in total. The molecule has 0 aliphatic carbocycles. The SMILES string of the molecule is Cc1ccc(NC(=O)CCc2c[nH]c3ccccc23)cc1S(=O)(=O)N(C)C. The van der Waals surface area contributed by atoms with Gasteiger partial charge in [0.15, 0.2) is 0 Å². The number of sulfonamides is 1. The largest absolute Gasteiger partial charge is 0.361 e. The smallest absolute Gasteiger partial charge is 0.242 e. The highest BCUT2D eigenvalue weighted by Gasteiger charge is 2.20. The van der Waals surface area contributed by atoms with E-state index in [2.05, 4.69) is 10.3 Å². The number of aromatic nitrogens is 1. The highest BCUT2D eigenvalue weighted by atomic mass is 32.2. The van der Waals surface area contributed by atoms with Gasteiger partial charge in [-0.05, 0) is 42.7 Å². The van der Waals surface area contributed by atoms with E-state index in [0.29, 0.717) is 24.1 Å². The second-order valence-electron chi connectivity index (χ2n) is 6.68. The molecule has 27 heavy (non-hydrogen) atoms. The van der Waals surface area contributed by atoms with Crippen LogP contribution in [0, 0.1) is 6.92 Å². The number of hydrogen-bond donors (Lipinski definition) is 2. The van der Waals surface area contributed by atoms with Crippen LogP contribution in [0.3, 0.4) is 0 Å². The van der Waals surface area contributed by atoms with Gasteiger partial charge in [-0.15, -0.1) is 0 Å². The van der Waals surface area contributed by atoms with Crippen LogP contribution in [-0.2, 0) is 21.2 Å². The number of anilines is 1. The first kappa shape index (κ1) is 19.1. The average Bonchev–Trinajstić information content (AvgIpc) is 3.04. The number of para-hydroxylation sites is 1. The lowest BCUT2D eigenvalue weighted by molar-refractivity contribution is -0.116. The van der Waals surface area contributed by atoms with Gasteiger partial charge in [0.1, 0.15) is 0 Å². The first-order valence-corrected chi connectivity index (χ1v) is 10.1. The van der Waals surface area contributed by atoms with Gasteiger partial charge in [-0.2, -0.15) is 0 Å². The molecule has 3 rings (SSSR count). The third-order valence-corrected chi connectivity index (χ3v) is 6.48. The van der Waals surface area contributed by atoms with E-state index in [1.807, 2.05) is 30.5 Å². The molecule has 1 aromatic heterocycles. The molecule has 6 nitrogen and oxygen atoms in total. The lowest BCUT2D eigenvalue weighted by Crippen LogP contribution is -2.23. The summed E-state index contributed by atoms with van der Waals surface area (Å²) in [6.07, 6.45) is 2.83. The van der Waals surface area contributed by atoms with Gasteiger partial charge in [0.05, 0.1) is 4.90 Å². The fourth-order valence-corrected chi connectivity index (χ4v) is 4.11. The second-order valence-corrected chi connectivity index (χ2v) is 8.80. The summed E-state index contributed by atoms with van der Waals surface area (Å²) in [5, 5.41) is 3.91. The topological polar surface area (TPSA) is 82.3 Å². The molecular formula is C20H23N3O3S. The van der Waals surface area contributed by atoms with E-state index in [9.17, 15) is 13.2 Å².